The number of nitrogens with zero attached hydrogens (tertiary/aromatic N) is 3. The molecule has 0 aliphatic rings. The number of anilines is 2. The lowest BCUT2D eigenvalue weighted by Crippen LogP contribution is -2.42. The third-order valence-electron chi connectivity index (χ3n) is 5.37. The van der Waals surface area contributed by atoms with Gasteiger partial charge in [-0.2, -0.15) is 0 Å². The molecule has 182 valence electrons. The predicted molar refractivity (Wildman–Crippen MR) is 135 cm³/mol. The van der Waals surface area contributed by atoms with Gasteiger partial charge in [0.1, 0.15) is 18.2 Å². The van der Waals surface area contributed by atoms with E-state index in [1.54, 1.807) is 29.8 Å². The molecule has 34 heavy (non-hydrogen) atoms. The zero-order valence-electron chi connectivity index (χ0n) is 19.7. The number of carbonyl (C=O) groups excluding carboxylic acids is 1. The Morgan fingerprint density at radius 1 is 1.26 bits per heavy atom. The number of aromatic nitrogens is 3. The molecule has 0 aliphatic carbocycles. The second kappa shape index (κ2) is 11.6. The molecule has 0 saturated heterocycles. The fraction of sp³-hybridized carbons (Fsp3) is 0.417. The molecule has 10 heteroatoms. The van der Waals surface area contributed by atoms with Crippen molar-refractivity contribution in [3.05, 3.63) is 67.3 Å². The summed E-state index contributed by atoms with van der Waals surface area (Å²) in [6.07, 6.45) is 2.23. The molecule has 0 spiro atoms. The van der Waals surface area contributed by atoms with Gasteiger partial charge in [0.25, 0.3) is 11.5 Å². The molecule has 0 aliphatic heterocycles. The maximum Gasteiger partial charge on any atom is 0.330 e. The van der Waals surface area contributed by atoms with Crippen molar-refractivity contribution in [2.24, 2.45) is 5.92 Å². The van der Waals surface area contributed by atoms with Gasteiger partial charge in [0, 0.05) is 24.0 Å². The van der Waals surface area contributed by atoms with Gasteiger partial charge in [0.2, 0.25) is 0 Å². The van der Waals surface area contributed by atoms with Crippen LogP contribution in [0.25, 0.3) is 0 Å². The minimum Gasteiger partial charge on any atom is -0.487 e. The van der Waals surface area contributed by atoms with E-state index in [9.17, 15) is 14.4 Å². The number of amides is 1. The number of carbonyl (C=O) groups is 1. The number of nitrogens with two attached hydrogens (primary N) is 1. The van der Waals surface area contributed by atoms with Crippen molar-refractivity contribution in [3.63, 3.8) is 0 Å². The van der Waals surface area contributed by atoms with Gasteiger partial charge < -0.3 is 15.4 Å². The van der Waals surface area contributed by atoms with E-state index in [-0.39, 0.29) is 24.0 Å². The zero-order chi connectivity index (χ0) is 24.7. The summed E-state index contributed by atoms with van der Waals surface area (Å²) in [5.74, 6) is 0.527. The molecule has 3 aromatic rings. The highest BCUT2D eigenvalue weighted by Gasteiger charge is 2.25. The third-order valence-corrected chi connectivity index (χ3v) is 6.00. The lowest BCUT2D eigenvalue weighted by atomic mass is 10.1. The van der Waals surface area contributed by atoms with Crippen molar-refractivity contribution in [3.8, 4) is 5.75 Å². The Morgan fingerprint density at radius 2 is 2.00 bits per heavy atom. The summed E-state index contributed by atoms with van der Waals surface area (Å²) in [4.78, 5) is 46.5. The number of rotatable bonds is 11. The van der Waals surface area contributed by atoms with Crippen LogP contribution in [0.1, 0.15) is 56.1 Å². The van der Waals surface area contributed by atoms with Crippen molar-refractivity contribution in [1.29, 1.82) is 0 Å². The van der Waals surface area contributed by atoms with Gasteiger partial charge in [-0.05, 0) is 43.0 Å². The van der Waals surface area contributed by atoms with E-state index < -0.39 is 11.2 Å². The molecule has 9 nitrogen and oxygen atoms in total. The fourth-order valence-corrected chi connectivity index (χ4v) is 3.94. The first-order chi connectivity index (χ1) is 16.3. The molecule has 2 aromatic heterocycles. The van der Waals surface area contributed by atoms with Gasteiger partial charge in [-0.25, -0.2) is 9.78 Å². The van der Waals surface area contributed by atoms with Crippen molar-refractivity contribution in [2.75, 3.05) is 17.2 Å². The maximum atomic E-state index is 13.5. The van der Waals surface area contributed by atoms with E-state index in [0.717, 1.165) is 18.5 Å². The first-order valence-electron chi connectivity index (χ1n) is 11.4. The number of ether oxygens (including phenoxy) is 1. The number of unbranched alkanes of at least 4 members (excludes halogenated alkanes) is 1. The Kier molecular flexibility index (Phi) is 8.64. The van der Waals surface area contributed by atoms with Crippen molar-refractivity contribution < 1.29 is 9.53 Å². The number of nitrogen functional groups attached to an aromatic ring is 1. The van der Waals surface area contributed by atoms with Gasteiger partial charge >= 0.3 is 5.69 Å². The number of aromatic amines is 1. The SMILES string of the molecule is CCCCn1c(N)c(N(CCC(C)C)C(=O)c2ccc(OCc3cscn3)cc2)c(=O)[nH]c1=O. The molecular weight excluding hydrogens is 454 g/mol. The smallest absolute Gasteiger partial charge is 0.330 e. The van der Waals surface area contributed by atoms with Crippen LogP contribution < -0.4 is 26.6 Å². The molecule has 0 bridgehead atoms. The highest BCUT2D eigenvalue weighted by atomic mass is 32.1. The Bertz CT molecular complexity index is 1200. The van der Waals surface area contributed by atoms with Crippen LogP contribution in [0.15, 0.2) is 44.7 Å². The van der Waals surface area contributed by atoms with E-state index >= 15 is 0 Å². The number of hydrogen-bond donors (Lipinski definition) is 2. The van der Waals surface area contributed by atoms with Gasteiger partial charge in [0.05, 0.1) is 11.2 Å². The highest BCUT2D eigenvalue weighted by molar-refractivity contribution is 7.07. The largest absolute Gasteiger partial charge is 0.487 e. The molecule has 0 saturated carbocycles. The number of hydrogen-bond acceptors (Lipinski definition) is 7. The van der Waals surface area contributed by atoms with E-state index in [1.807, 2.05) is 26.2 Å². The molecular formula is C24H31N5O4S. The normalized spacial score (nSPS) is 11.1. The van der Waals surface area contributed by atoms with Crippen LogP contribution in [0.5, 0.6) is 5.75 Å². The molecule has 2 heterocycles. The van der Waals surface area contributed by atoms with Crippen LogP contribution in [-0.2, 0) is 13.2 Å². The molecule has 0 unspecified atom stereocenters. The monoisotopic (exact) mass is 485 g/mol. The molecule has 0 radical (unpaired) electrons. The zero-order valence-corrected chi connectivity index (χ0v) is 20.6. The molecule has 3 rings (SSSR count). The average molecular weight is 486 g/mol. The first kappa shape index (κ1) is 25.2. The number of thiazole rings is 1. The Labute approximate surface area is 202 Å². The lowest BCUT2D eigenvalue weighted by molar-refractivity contribution is 0.0985. The van der Waals surface area contributed by atoms with Crippen LogP contribution in [0.3, 0.4) is 0 Å². The van der Waals surface area contributed by atoms with Crippen molar-refractivity contribution >= 4 is 28.7 Å². The molecule has 3 N–H and O–H groups in total. The van der Waals surface area contributed by atoms with E-state index in [2.05, 4.69) is 9.97 Å². The van der Waals surface area contributed by atoms with Crippen molar-refractivity contribution in [1.82, 2.24) is 14.5 Å². The second-order valence-electron chi connectivity index (χ2n) is 8.43. The van der Waals surface area contributed by atoms with Crippen LogP contribution >= 0.6 is 11.3 Å². The van der Waals surface area contributed by atoms with Gasteiger partial charge in [0.15, 0.2) is 5.69 Å². The van der Waals surface area contributed by atoms with E-state index in [4.69, 9.17) is 10.5 Å². The minimum atomic E-state index is -0.671. The Balaban J connectivity index is 1.91. The highest BCUT2D eigenvalue weighted by Crippen LogP contribution is 2.22. The number of benzene rings is 1. The van der Waals surface area contributed by atoms with E-state index in [1.165, 1.54) is 20.8 Å². The summed E-state index contributed by atoms with van der Waals surface area (Å²) < 4.78 is 7.04. The molecule has 0 fully saturated rings. The topological polar surface area (TPSA) is 123 Å². The van der Waals surface area contributed by atoms with Gasteiger partial charge in [-0.3, -0.25) is 19.1 Å². The summed E-state index contributed by atoms with van der Waals surface area (Å²) in [7, 11) is 0. The van der Waals surface area contributed by atoms with Crippen LogP contribution in [0.4, 0.5) is 11.5 Å². The summed E-state index contributed by atoms with van der Waals surface area (Å²) in [5.41, 5.74) is 8.00. The Morgan fingerprint density at radius 3 is 2.62 bits per heavy atom. The molecule has 0 atom stereocenters. The lowest BCUT2D eigenvalue weighted by Gasteiger charge is -2.25. The maximum absolute atomic E-state index is 13.5. The predicted octanol–water partition coefficient (Wildman–Crippen LogP) is 3.65. The first-order valence-corrected chi connectivity index (χ1v) is 12.3. The van der Waals surface area contributed by atoms with Crippen LogP contribution in [0, 0.1) is 5.92 Å². The summed E-state index contributed by atoms with van der Waals surface area (Å²) in [6, 6.07) is 6.71. The second-order valence-corrected chi connectivity index (χ2v) is 9.15. The van der Waals surface area contributed by atoms with Gasteiger partial charge in [-0.15, -0.1) is 11.3 Å². The van der Waals surface area contributed by atoms with E-state index in [0.29, 0.717) is 36.8 Å². The average Bonchev–Trinajstić information content (AvgIpc) is 3.33. The number of H-pyrrole nitrogens is 1. The quantitative estimate of drug-likeness (QED) is 0.427. The van der Waals surface area contributed by atoms with Crippen LogP contribution in [-0.4, -0.2) is 27.0 Å². The van der Waals surface area contributed by atoms with Gasteiger partial charge in [-0.1, -0.05) is 27.2 Å². The summed E-state index contributed by atoms with van der Waals surface area (Å²) in [5, 5.41) is 1.91. The standard InChI is InChI=1S/C24H31N5O4S/c1-4-5-11-29-21(25)20(22(30)27-24(29)32)28(12-10-16(2)3)23(31)17-6-8-19(9-7-17)33-13-18-14-34-15-26-18/h6-9,14-16H,4-5,10-13,25H2,1-3H3,(H,27,30,32). The van der Waals surface area contributed by atoms with Crippen molar-refractivity contribution in [2.45, 2.75) is 53.2 Å². The van der Waals surface area contributed by atoms with Crippen LogP contribution in [0.2, 0.25) is 0 Å². The molecule has 1 aromatic carbocycles. The minimum absolute atomic E-state index is 0.00234. The molecule has 1 amide bonds. The summed E-state index contributed by atoms with van der Waals surface area (Å²) in [6.45, 7) is 7.05. The third kappa shape index (κ3) is 6.13. The Hall–Kier alpha value is -3.40. The fourth-order valence-electron chi connectivity index (χ4n) is 3.39. The number of nitrogens with one attached hydrogen (secondary N) is 1. The summed E-state index contributed by atoms with van der Waals surface area (Å²) >= 11 is 1.50.